The van der Waals surface area contributed by atoms with Crippen molar-refractivity contribution in [1.82, 2.24) is 5.01 Å². The van der Waals surface area contributed by atoms with E-state index in [2.05, 4.69) is 12.6 Å². The Kier molecular flexibility index (Phi) is 2.78. The summed E-state index contributed by atoms with van der Waals surface area (Å²) in [6, 6.07) is 0. The second-order valence-electron chi connectivity index (χ2n) is 1.11. The van der Waals surface area contributed by atoms with E-state index in [0.29, 0.717) is 6.54 Å². The molecule has 3 nitrogen and oxygen atoms in total. The monoisotopic (exact) mass is 119 g/mol. The van der Waals surface area contributed by atoms with E-state index in [9.17, 15) is 0 Å². The van der Waals surface area contributed by atoms with Gasteiger partial charge in [-0.1, -0.05) is 0 Å². The summed E-state index contributed by atoms with van der Waals surface area (Å²) in [6.45, 7) is 2.48. The molecule has 0 spiro atoms. The average molecular weight is 119 g/mol. The standard InChI is InChI=1S/C3H9N3S/c1-2-6(5)3(4)7/h2,5H2,1H3,(H2,4,7). The molecule has 0 saturated carbocycles. The summed E-state index contributed by atoms with van der Waals surface area (Å²) in [5.41, 5.74) is 0. The predicted molar refractivity (Wildman–Crippen MR) is 33.3 cm³/mol. The molecule has 0 aliphatic heterocycles. The topological polar surface area (TPSA) is 53.1 Å². The van der Waals surface area contributed by atoms with Gasteiger partial charge < -0.3 is 0 Å². The Morgan fingerprint density at radius 2 is 2.43 bits per heavy atom. The van der Waals surface area contributed by atoms with Gasteiger partial charge in [0.1, 0.15) is 0 Å². The molecule has 0 aliphatic rings. The van der Waals surface area contributed by atoms with Crippen molar-refractivity contribution in [2.45, 2.75) is 6.92 Å². The van der Waals surface area contributed by atoms with Gasteiger partial charge in [0.05, 0.1) is 0 Å². The van der Waals surface area contributed by atoms with Crippen LogP contribution in [0.25, 0.3) is 0 Å². The van der Waals surface area contributed by atoms with Gasteiger partial charge in [0.25, 0.3) is 0 Å². The number of nitrogens with one attached hydrogen (secondary N) is 1. The van der Waals surface area contributed by atoms with E-state index >= 15 is 0 Å². The molecule has 0 bridgehead atoms. The number of thiol groups is 1. The third kappa shape index (κ3) is 2.47. The number of hydrazine groups is 1. The highest BCUT2D eigenvalue weighted by Gasteiger charge is 1.91. The molecular weight excluding hydrogens is 110 g/mol. The molecule has 0 aromatic heterocycles. The van der Waals surface area contributed by atoms with Crippen LogP contribution < -0.4 is 5.84 Å². The highest BCUT2D eigenvalue weighted by molar-refractivity contribution is 7.96. The normalized spacial score (nSPS) is 8.43. The van der Waals surface area contributed by atoms with Crippen LogP contribution in [0, 0.1) is 5.41 Å². The molecule has 3 N–H and O–H groups in total. The fourth-order valence-electron chi connectivity index (χ4n) is 0.150. The minimum Gasteiger partial charge on any atom is -0.290 e. The van der Waals surface area contributed by atoms with E-state index in [4.69, 9.17) is 11.3 Å². The zero-order chi connectivity index (χ0) is 5.86. The van der Waals surface area contributed by atoms with E-state index in [1.807, 2.05) is 6.92 Å². The predicted octanol–water partition coefficient (Wildman–Crippen LogP) is 0.0466. The molecule has 0 atom stereocenters. The van der Waals surface area contributed by atoms with Crippen molar-refractivity contribution in [3.8, 4) is 0 Å². The van der Waals surface area contributed by atoms with Crippen molar-refractivity contribution in [3.05, 3.63) is 0 Å². The smallest absolute Gasteiger partial charge is 0.167 e. The Hall–Kier alpha value is -0.220. The summed E-state index contributed by atoms with van der Waals surface area (Å²) in [7, 11) is 0. The van der Waals surface area contributed by atoms with Gasteiger partial charge in [0.15, 0.2) is 5.17 Å². The quantitative estimate of drug-likeness (QED) is 0.150. The van der Waals surface area contributed by atoms with Gasteiger partial charge in [-0.15, -0.1) is 12.6 Å². The minimum absolute atomic E-state index is 0.0995. The number of rotatable bonds is 1. The maximum Gasteiger partial charge on any atom is 0.167 e. The minimum atomic E-state index is 0.0995. The van der Waals surface area contributed by atoms with Crippen LogP contribution in [-0.2, 0) is 0 Å². The molecular formula is C3H9N3S. The van der Waals surface area contributed by atoms with Gasteiger partial charge in [-0.25, -0.2) is 5.84 Å². The maximum absolute atomic E-state index is 6.77. The summed E-state index contributed by atoms with van der Waals surface area (Å²) in [4.78, 5) is 0. The lowest BCUT2D eigenvalue weighted by Crippen LogP contribution is -2.33. The fraction of sp³-hybridized carbons (Fsp3) is 0.667. The lowest BCUT2D eigenvalue weighted by molar-refractivity contribution is 0.473. The van der Waals surface area contributed by atoms with Gasteiger partial charge >= 0.3 is 0 Å². The van der Waals surface area contributed by atoms with Crippen LogP contribution in [-0.4, -0.2) is 16.7 Å². The van der Waals surface area contributed by atoms with Crippen LogP contribution >= 0.6 is 12.6 Å². The number of hydrogen-bond donors (Lipinski definition) is 3. The van der Waals surface area contributed by atoms with Gasteiger partial charge in [-0.3, -0.25) is 10.4 Å². The van der Waals surface area contributed by atoms with Gasteiger partial charge in [-0.2, -0.15) is 0 Å². The molecule has 0 unspecified atom stereocenters. The van der Waals surface area contributed by atoms with Gasteiger partial charge in [0.2, 0.25) is 0 Å². The first kappa shape index (κ1) is 6.78. The summed E-state index contributed by atoms with van der Waals surface area (Å²) >= 11 is 3.66. The zero-order valence-corrected chi connectivity index (χ0v) is 5.07. The van der Waals surface area contributed by atoms with E-state index in [-0.39, 0.29) is 5.17 Å². The summed E-state index contributed by atoms with van der Waals surface area (Å²) in [5.74, 6) is 5.15. The van der Waals surface area contributed by atoms with Crippen molar-refractivity contribution in [2.24, 2.45) is 5.84 Å². The van der Waals surface area contributed by atoms with Crippen molar-refractivity contribution in [2.75, 3.05) is 6.54 Å². The molecule has 0 amide bonds. The first-order valence-corrected chi connectivity index (χ1v) is 2.43. The van der Waals surface area contributed by atoms with Crippen molar-refractivity contribution >= 4 is 17.8 Å². The molecule has 0 saturated heterocycles. The van der Waals surface area contributed by atoms with Gasteiger partial charge in [0, 0.05) is 6.54 Å². The van der Waals surface area contributed by atoms with Crippen molar-refractivity contribution < 1.29 is 0 Å². The molecule has 42 valence electrons. The highest BCUT2D eigenvalue weighted by Crippen LogP contribution is 1.81. The van der Waals surface area contributed by atoms with E-state index in [1.54, 1.807) is 0 Å². The van der Waals surface area contributed by atoms with Crippen molar-refractivity contribution in [1.29, 1.82) is 5.41 Å². The van der Waals surface area contributed by atoms with E-state index in [1.165, 1.54) is 5.01 Å². The Balaban J connectivity index is 3.34. The van der Waals surface area contributed by atoms with Crippen LogP contribution in [0.2, 0.25) is 0 Å². The van der Waals surface area contributed by atoms with E-state index in [0.717, 1.165) is 0 Å². The number of hydrogen-bond acceptors (Lipinski definition) is 2. The first-order chi connectivity index (χ1) is 3.18. The molecule has 0 heterocycles. The third-order valence-corrected chi connectivity index (χ3v) is 0.870. The average Bonchev–Trinajstić information content (AvgIpc) is 1.65. The summed E-state index contributed by atoms with van der Waals surface area (Å²) in [5, 5.41) is 8.10. The summed E-state index contributed by atoms with van der Waals surface area (Å²) < 4.78 is 0. The Morgan fingerprint density at radius 3 is 2.43 bits per heavy atom. The lowest BCUT2D eigenvalue weighted by Gasteiger charge is -2.10. The molecule has 0 aromatic carbocycles. The molecule has 0 aromatic rings. The molecule has 7 heavy (non-hydrogen) atoms. The van der Waals surface area contributed by atoms with Crippen molar-refractivity contribution in [3.63, 3.8) is 0 Å². The maximum atomic E-state index is 6.77. The van der Waals surface area contributed by atoms with Crippen LogP contribution in [0.4, 0.5) is 0 Å². The van der Waals surface area contributed by atoms with Crippen LogP contribution in [0.5, 0.6) is 0 Å². The molecule has 4 heteroatoms. The fourth-order valence-corrected chi connectivity index (χ4v) is 0.291. The molecule has 0 radical (unpaired) electrons. The summed E-state index contributed by atoms with van der Waals surface area (Å²) in [6.07, 6.45) is 0. The lowest BCUT2D eigenvalue weighted by atomic mass is 10.7. The second-order valence-corrected chi connectivity index (χ2v) is 1.53. The third-order valence-electron chi connectivity index (χ3n) is 0.613. The van der Waals surface area contributed by atoms with Crippen LogP contribution in [0.1, 0.15) is 6.92 Å². The first-order valence-electron chi connectivity index (χ1n) is 1.98. The Morgan fingerprint density at radius 1 is 2.00 bits per heavy atom. The molecule has 0 aliphatic carbocycles. The Labute approximate surface area is 48.4 Å². The van der Waals surface area contributed by atoms with Crippen LogP contribution in [0.3, 0.4) is 0 Å². The van der Waals surface area contributed by atoms with Gasteiger partial charge in [-0.05, 0) is 6.92 Å². The number of nitrogens with two attached hydrogens (primary N) is 1. The SMILES string of the molecule is CCN(N)C(=N)S. The zero-order valence-electron chi connectivity index (χ0n) is 4.18. The van der Waals surface area contributed by atoms with E-state index < -0.39 is 0 Å². The Bertz CT molecular complexity index is 72.6. The van der Waals surface area contributed by atoms with Crippen LogP contribution in [0.15, 0.2) is 0 Å². The highest BCUT2D eigenvalue weighted by atomic mass is 32.1. The molecule has 0 rings (SSSR count). The largest absolute Gasteiger partial charge is 0.290 e. The molecule has 0 fully saturated rings. The number of nitrogens with zero attached hydrogens (tertiary/aromatic N) is 1. The number of amidine groups is 1. The second kappa shape index (κ2) is 2.87.